The van der Waals surface area contributed by atoms with Crippen LogP contribution in [0.15, 0.2) is 41.0 Å². The molecule has 0 spiro atoms. The van der Waals surface area contributed by atoms with E-state index in [2.05, 4.69) is 14.7 Å². The third-order valence-electron chi connectivity index (χ3n) is 5.05. The maximum Gasteiger partial charge on any atom is 0.250 e. The number of carbonyl (C=O) groups is 1. The number of aliphatic hydroxyl groups excluding tert-OH is 1. The lowest BCUT2D eigenvalue weighted by Gasteiger charge is -2.22. The van der Waals surface area contributed by atoms with Crippen LogP contribution in [-0.4, -0.2) is 60.8 Å². The largest absolute Gasteiger partial charge is 0.351 e. The molecule has 2 unspecified atom stereocenters. The van der Waals surface area contributed by atoms with Crippen molar-refractivity contribution in [1.82, 2.24) is 15.0 Å². The predicted octanol–water partition coefficient (Wildman–Crippen LogP) is 1.40. The fraction of sp³-hybridized carbons (Fsp3) is 0.421. The zero-order valence-electron chi connectivity index (χ0n) is 16.3. The lowest BCUT2D eigenvalue weighted by atomic mass is 10.0. The van der Waals surface area contributed by atoms with Gasteiger partial charge in [0.25, 0.3) is 5.91 Å². The van der Waals surface area contributed by atoms with Crippen molar-refractivity contribution in [1.29, 1.82) is 0 Å². The number of ether oxygens (including phenoxy) is 1. The first kappa shape index (κ1) is 20.6. The lowest BCUT2D eigenvalue weighted by Crippen LogP contribution is -2.30. The summed E-state index contributed by atoms with van der Waals surface area (Å²) >= 11 is 0. The highest BCUT2D eigenvalue weighted by Crippen LogP contribution is 2.31. The lowest BCUT2D eigenvalue weighted by molar-refractivity contribution is -0.115. The van der Waals surface area contributed by atoms with Gasteiger partial charge in [0.2, 0.25) is 6.41 Å². The van der Waals surface area contributed by atoms with Crippen LogP contribution in [0.25, 0.3) is 5.57 Å². The molecule has 0 radical (unpaired) electrons. The Balaban J connectivity index is 1.49. The molecule has 4 rings (SSSR count). The number of hydrogen-bond acceptors (Lipinski definition) is 7. The highest BCUT2D eigenvalue weighted by molar-refractivity contribution is 7.94. The molecule has 11 heteroatoms. The number of allylic oxidation sites excluding steroid dienone is 1. The second kappa shape index (κ2) is 8.25. The molecule has 3 heterocycles. The van der Waals surface area contributed by atoms with Crippen molar-refractivity contribution in [3.05, 3.63) is 48.0 Å². The van der Waals surface area contributed by atoms with Crippen LogP contribution in [0.2, 0.25) is 0 Å². The molecule has 0 saturated carbocycles. The summed E-state index contributed by atoms with van der Waals surface area (Å²) < 4.78 is 38.2. The van der Waals surface area contributed by atoms with Crippen molar-refractivity contribution in [2.75, 3.05) is 23.0 Å². The van der Waals surface area contributed by atoms with E-state index >= 15 is 0 Å². The Labute approximate surface area is 173 Å². The number of aromatic nitrogens is 3. The molecule has 3 atom stereocenters. The van der Waals surface area contributed by atoms with Gasteiger partial charge >= 0.3 is 0 Å². The second-order valence-corrected chi connectivity index (χ2v) is 9.73. The number of amides is 1. The molecule has 2 aromatic rings. The van der Waals surface area contributed by atoms with Crippen LogP contribution in [0.3, 0.4) is 0 Å². The summed E-state index contributed by atoms with van der Waals surface area (Å²) in [6.07, 6.45) is 3.83. The van der Waals surface area contributed by atoms with Crippen molar-refractivity contribution in [2.24, 2.45) is 4.36 Å². The van der Waals surface area contributed by atoms with Crippen LogP contribution in [0, 0.1) is 5.82 Å². The van der Waals surface area contributed by atoms with E-state index < -0.39 is 27.9 Å². The summed E-state index contributed by atoms with van der Waals surface area (Å²) in [6.45, 7) is 2.07. The van der Waals surface area contributed by atoms with Crippen LogP contribution in [0.5, 0.6) is 0 Å². The van der Waals surface area contributed by atoms with Gasteiger partial charge in [-0.25, -0.2) is 13.3 Å². The van der Waals surface area contributed by atoms with Crippen LogP contribution in [0.1, 0.15) is 18.9 Å². The quantitative estimate of drug-likeness (QED) is 0.773. The molecule has 1 saturated heterocycles. The molecule has 1 aromatic carbocycles. The van der Waals surface area contributed by atoms with E-state index in [0.717, 1.165) is 5.57 Å². The van der Waals surface area contributed by atoms with Crippen LogP contribution in [-0.2, 0) is 25.8 Å². The molecule has 9 nitrogen and oxygen atoms in total. The van der Waals surface area contributed by atoms with E-state index in [1.807, 2.05) is 0 Å². The molecule has 1 N–H and O–H groups in total. The Morgan fingerprint density at radius 2 is 2.30 bits per heavy atom. The average molecular weight is 435 g/mol. The molecule has 2 aliphatic rings. The van der Waals surface area contributed by atoms with Gasteiger partial charge in [0.1, 0.15) is 5.82 Å². The van der Waals surface area contributed by atoms with E-state index in [9.17, 15) is 18.5 Å². The van der Waals surface area contributed by atoms with Gasteiger partial charge < -0.3 is 14.7 Å². The monoisotopic (exact) mass is 435 g/mol. The molecular weight excluding hydrogens is 413 g/mol. The Bertz CT molecular complexity index is 1090. The van der Waals surface area contributed by atoms with Gasteiger partial charge in [0.05, 0.1) is 40.9 Å². The normalized spacial score (nSPS) is 26.5. The van der Waals surface area contributed by atoms with E-state index in [0.29, 0.717) is 30.8 Å². The van der Waals surface area contributed by atoms with Crippen LogP contribution >= 0.6 is 0 Å². The molecule has 1 aromatic heterocycles. The number of carbonyl (C=O) groups excluding carboxylic acids is 1. The van der Waals surface area contributed by atoms with E-state index in [1.165, 1.54) is 13.0 Å². The summed E-state index contributed by atoms with van der Waals surface area (Å²) in [6, 6.07) is 4.71. The highest BCUT2D eigenvalue weighted by Gasteiger charge is 2.32. The zero-order valence-corrected chi connectivity index (χ0v) is 17.2. The minimum absolute atomic E-state index is 0.131. The third-order valence-corrected chi connectivity index (χ3v) is 7.17. The van der Waals surface area contributed by atoms with E-state index in [4.69, 9.17) is 4.74 Å². The van der Waals surface area contributed by atoms with Gasteiger partial charge in [-0.15, -0.1) is 5.10 Å². The molecular formula is C19H22FN5O4S. The van der Waals surface area contributed by atoms with Gasteiger partial charge in [-0.2, -0.15) is 4.36 Å². The number of aliphatic hydroxyl groups is 1. The molecule has 1 fully saturated rings. The summed E-state index contributed by atoms with van der Waals surface area (Å²) in [5.74, 6) is -0.544. The first-order valence-electron chi connectivity index (χ1n) is 9.49. The topological polar surface area (TPSA) is 110 Å². The van der Waals surface area contributed by atoms with Crippen molar-refractivity contribution >= 4 is 26.9 Å². The number of hydrogen-bond donors (Lipinski definition) is 1. The molecule has 30 heavy (non-hydrogen) atoms. The number of rotatable bonds is 4. The predicted molar refractivity (Wildman–Crippen MR) is 108 cm³/mol. The summed E-state index contributed by atoms with van der Waals surface area (Å²) in [5, 5.41) is 17.8. The molecule has 160 valence electrons. The summed E-state index contributed by atoms with van der Waals surface area (Å²) in [4.78, 5) is 12.7. The number of benzene rings is 1. The highest BCUT2D eigenvalue weighted by atomic mass is 32.2. The number of anilines is 1. The first-order valence-corrected chi connectivity index (χ1v) is 11.3. The first-order chi connectivity index (χ1) is 14.3. The Morgan fingerprint density at radius 3 is 2.93 bits per heavy atom. The molecule has 0 bridgehead atoms. The zero-order chi connectivity index (χ0) is 21.3. The van der Waals surface area contributed by atoms with Crippen LogP contribution in [0.4, 0.5) is 10.1 Å². The van der Waals surface area contributed by atoms with Crippen molar-refractivity contribution < 1.29 is 23.2 Å². The maximum absolute atomic E-state index is 14.9. The Hall–Kier alpha value is -2.63. The van der Waals surface area contributed by atoms with Crippen LogP contribution < -0.4 is 4.90 Å². The van der Waals surface area contributed by atoms with Gasteiger partial charge in [-0.05, 0) is 30.2 Å². The average Bonchev–Trinajstić information content (AvgIpc) is 3.31. The van der Waals surface area contributed by atoms with Crippen molar-refractivity contribution in [2.45, 2.75) is 32.4 Å². The van der Waals surface area contributed by atoms with Gasteiger partial charge in [0, 0.05) is 30.1 Å². The van der Waals surface area contributed by atoms with Gasteiger partial charge in [-0.1, -0.05) is 11.3 Å². The third kappa shape index (κ3) is 4.42. The fourth-order valence-corrected chi connectivity index (χ4v) is 5.46. The van der Waals surface area contributed by atoms with Gasteiger partial charge in [0.15, 0.2) is 0 Å². The fourth-order valence-electron chi connectivity index (χ4n) is 3.66. The summed E-state index contributed by atoms with van der Waals surface area (Å²) in [5.41, 5.74) is 1.65. The SMILES string of the molecule is CC(=O)N=S1(=O)CC=C(c2ccc(N3C[C@H](Cn4ccnn4)OC3O)cc2F)CC1. The minimum Gasteiger partial charge on any atom is -0.351 e. The maximum atomic E-state index is 14.9. The van der Waals surface area contributed by atoms with E-state index in [-0.39, 0.29) is 17.6 Å². The Kier molecular flexibility index (Phi) is 5.67. The smallest absolute Gasteiger partial charge is 0.250 e. The van der Waals surface area contributed by atoms with Crippen molar-refractivity contribution in [3.8, 4) is 0 Å². The number of nitrogens with zero attached hydrogens (tertiary/aromatic N) is 5. The molecule has 2 aliphatic heterocycles. The van der Waals surface area contributed by atoms with Gasteiger partial charge in [-0.3, -0.25) is 4.79 Å². The minimum atomic E-state index is -2.59. The molecule has 1 amide bonds. The number of halogens is 1. The summed E-state index contributed by atoms with van der Waals surface area (Å²) in [7, 11) is -2.59. The second-order valence-electron chi connectivity index (χ2n) is 7.26. The van der Waals surface area contributed by atoms with E-state index in [1.54, 1.807) is 40.2 Å². The van der Waals surface area contributed by atoms with Crippen molar-refractivity contribution in [3.63, 3.8) is 0 Å². The standard InChI is InChI=1S/C19H22FN5O4S/c1-13(26)22-30(28)8-4-14(5-9-30)17-3-2-15(10-18(17)20)25-12-16(29-19(25)27)11-24-7-6-21-23-24/h2-4,6-7,10,16,19,27H,5,8-9,11-12H2,1H3/t16-,19?,30?/m0/s1. The molecule has 0 aliphatic carbocycles. The Morgan fingerprint density at radius 1 is 1.47 bits per heavy atom.